The van der Waals surface area contributed by atoms with Gasteiger partial charge in [-0.25, -0.2) is 8.42 Å². The minimum atomic E-state index is -3.88. The zero-order valence-electron chi connectivity index (χ0n) is 17.6. The van der Waals surface area contributed by atoms with E-state index >= 15 is 0 Å². The molecule has 9 nitrogen and oxygen atoms in total. The van der Waals surface area contributed by atoms with E-state index < -0.39 is 20.7 Å². The van der Waals surface area contributed by atoms with Crippen molar-refractivity contribution in [2.24, 2.45) is 0 Å². The highest BCUT2D eigenvalue weighted by atomic mass is 32.2. The Morgan fingerprint density at radius 2 is 1.53 bits per heavy atom. The highest BCUT2D eigenvalue weighted by molar-refractivity contribution is 7.91. The van der Waals surface area contributed by atoms with Crippen LogP contribution in [-0.2, 0) is 16.4 Å². The van der Waals surface area contributed by atoms with Gasteiger partial charge < -0.3 is 14.5 Å². The smallest absolute Gasteiger partial charge is 0.291 e. The van der Waals surface area contributed by atoms with Crippen LogP contribution in [0, 0.1) is 10.1 Å². The lowest BCUT2D eigenvalue weighted by atomic mass is 10.2. The fourth-order valence-corrected chi connectivity index (χ4v) is 4.38. The van der Waals surface area contributed by atoms with E-state index in [9.17, 15) is 23.3 Å². The summed E-state index contributed by atoms with van der Waals surface area (Å²) in [5.74, 6) is 0.223. The van der Waals surface area contributed by atoms with Crippen LogP contribution < -0.4 is 10.1 Å². The van der Waals surface area contributed by atoms with Gasteiger partial charge in [-0.3, -0.25) is 14.9 Å². The van der Waals surface area contributed by atoms with E-state index in [1.807, 2.05) is 18.2 Å². The van der Waals surface area contributed by atoms with E-state index in [0.717, 1.165) is 12.1 Å². The van der Waals surface area contributed by atoms with Gasteiger partial charge >= 0.3 is 0 Å². The van der Waals surface area contributed by atoms with E-state index in [4.69, 9.17) is 9.15 Å². The molecule has 0 radical (unpaired) electrons. The summed E-state index contributed by atoms with van der Waals surface area (Å²) in [4.78, 5) is 22.7. The van der Waals surface area contributed by atoms with Gasteiger partial charge in [0.2, 0.25) is 9.84 Å². The average molecular weight is 478 g/mol. The first-order valence-electron chi connectivity index (χ1n) is 10.00. The number of nitro benzene ring substituents is 1. The maximum atomic E-state index is 12.8. The molecule has 4 aromatic rings. The molecule has 0 spiro atoms. The number of nitrogens with one attached hydrogen (secondary N) is 1. The number of benzene rings is 3. The van der Waals surface area contributed by atoms with Crippen LogP contribution in [0.15, 0.2) is 105 Å². The largest absolute Gasteiger partial charge is 0.489 e. The van der Waals surface area contributed by atoms with Crippen molar-refractivity contribution in [2.75, 3.05) is 5.32 Å². The Kier molecular flexibility index (Phi) is 6.42. The molecule has 172 valence electrons. The maximum absolute atomic E-state index is 12.8. The third kappa shape index (κ3) is 4.97. The Morgan fingerprint density at radius 1 is 0.912 bits per heavy atom. The SMILES string of the molecule is O=C(Nc1ccc(S(=O)(=O)c2ccc([N+](=O)[O-])cc2)cc1)c1occc1COc1ccccc1. The highest BCUT2D eigenvalue weighted by Gasteiger charge is 2.20. The first-order chi connectivity index (χ1) is 16.3. The quantitative estimate of drug-likeness (QED) is 0.283. The monoisotopic (exact) mass is 478 g/mol. The van der Waals surface area contributed by atoms with Gasteiger partial charge in [-0.05, 0) is 54.6 Å². The van der Waals surface area contributed by atoms with Crippen LogP contribution in [0.4, 0.5) is 11.4 Å². The third-order valence-corrected chi connectivity index (χ3v) is 6.66. The number of non-ortho nitro benzene ring substituents is 1. The Labute approximate surface area is 194 Å². The molecule has 4 rings (SSSR count). The van der Waals surface area contributed by atoms with Crippen molar-refractivity contribution in [3.8, 4) is 5.75 Å². The van der Waals surface area contributed by atoms with E-state index in [-0.39, 0.29) is 27.8 Å². The second kappa shape index (κ2) is 9.59. The molecule has 0 saturated heterocycles. The summed E-state index contributed by atoms with van der Waals surface area (Å²) >= 11 is 0. The van der Waals surface area contributed by atoms with Crippen LogP contribution >= 0.6 is 0 Å². The fourth-order valence-electron chi connectivity index (χ4n) is 3.11. The van der Waals surface area contributed by atoms with Gasteiger partial charge in [0.15, 0.2) is 5.76 Å². The third-order valence-electron chi connectivity index (χ3n) is 4.87. The average Bonchev–Trinajstić information content (AvgIpc) is 3.33. The van der Waals surface area contributed by atoms with E-state index in [2.05, 4.69) is 5.32 Å². The van der Waals surface area contributed by atoms with Crippen molar-refractivity contribution >= 4 is 27.1 Å². The number of hydrogen-bond acceptors (Lipinski definition) is 7. The number of para-hydroxylation sites is 1. The van der Waals surface area contributed by atoms with Crippen molar-refractivity contribution in [1.29, 1.82) is 0 Å². The summed E-state index contributed by atoms with van der Waals surface area (Å²) in [7, 11) is -3.88. The Morgan fingerprint density at radius 3 is 2.15 bits per heavy atom. The first kappa shape index (κ1) is 22.7. The number of furan rings is 1. The van der Waals surface area contributed by atoms with Crippen LogP contribution in [-0.4, -0.2) is 19.2 Å². The molecule has 1 aromatic heterocycles. The number of nitro groups is 1. The number of hydrogen-bond donors (Lipinski definition) is 1. The van der Waals surface area contributed by atoms with E-state index in [1.165, 1.54) is 42.7 Å². The number of carbonyl (C=O) groups is 1. The summed E-state index contributed by atoms with van der Waals surface area (Å²) in [6, 6.07) is 21.0. The fraction of sp³-hybridized carbons (Fsp3) is 0.0417. The second-order valence-corrected chi connectivity index (χ2v) is 9.06. The Bertz CT molecular complexity index is 1410. The van der Waals surface area contributed by atoms with Gasteiger partial charge in [0, 0.05) is 23.4 Å². The molecule has 1 amide bonds. The van der Waals surface area contributed by atoms with Crippen LogP contribution in [0.1, 0.15) is 16.1 Å². The summed E-state index contributed by atoms with van der Waals surface area (Å²) in [5, 5.41) is 13.4. The summed E-state index contributed by atoms with van der Waals surface area (Å²) in [5.41, 5.74) is 0.709. The number of sulfone groups is 1. The number of ether oxygens (including phenoxy) is 1. The van der Waals surface area contributed by atoms with Gasteiger partial charge in [0.25, 0.3) is 11.6 Å². The molecule has 34 heavy (non-hydrogen) atoms. The van der Waals surface area contributed by atoms with Gasteiger partial charge in [0.1, 0.15) is 12.4 Å². The van der Waals surface area contributed by atoms with E-state index in [0.29, 0.717) is 17.0 Å². The lowest BCUT2D eigenvalue weighted by Crippen LogP contribution is -2.14. The zero-order chi connectivity index (χ0) is 24.1. The van der Waals surface area contributed by atoms with Crippen molar-refractivity contribution < 1.29 is 27.3 Å². The number of amides is 1. The number of rotatable bonds is 8. The van der Waals surface area contributed by atoms with Crippen molar-refractivity contribution in [3.63, 3.8) is 0 Å². The second-order valence-electron chi connectivity index (χ2n) is 7.11. The van der Waals surface area contributed by atoms with E-state index in [1.54, 1.807) is 18.2 Å². The summed E-state index contributed by atoms with van der Waals surface area (Å²) in [6.07, 6.45) is 1.39. The molecule has 0 unspecified atom stereocenters. The van der Waals surface area contributed by atoms with Crippen molar-refractivity contribution in [3.05, 3.63) is 113 Å². The molecule has 1 N–H and O–H groups in total. The van der Waals surface area contributed by atoms with Gasteiger partial charge in [-0.1, -0.05) is 18.2 Å². The predicted molar refractivity (Wildman–Crippen MR) is 122 cm³/mol. The molecule has 0 aliphatic carbocycles. The van der Waals surface area contributed by atoms with Crippen LogP contribution in [0.2, 0.25) is 0 Å². The van der Waals surface area contributed by atoms with Crippen LogP contribution in [0.25, 0.3) is 0 Å². The first-order valence-corrected chi connectivity index (χ1v) is 11.5. The van der Waals surface area contributed by atoms with Crippen molar-refractivity contribution in [2.45, 2.75) is 16.4 Å². The lowest BCUT2D eigenvalue weighted by Gasteiger charge is -2.08. The van der Waals surface area contributed by atoms with Gasteiger partial charge in [-0.15, -0.1) is 0 Å². The Balaban J connectivity index is 1.44. The molecule has 0 aliphatic heterocycles. The van der Waals surface area contributed by atoms with Crippen LogP contribution in [0.3, 0.4) is 0 Å². The molecule has 10 heteroatoms. The lowest BCUT2D eigenvalue weighted by molar-refractivity contribution is -0.384. The van der Waals surface area contributed by atoms with Crippen molar-refractivity contribution in [1.82, 2.24) is 0 Å². The molecule has 0 aliphatic rings. The minimum Gasteiger partial charge on any atom is -0.489 e. The molecule has 1 heterocycles. The zero-order valence-corrected chi connectivity index (χ0v) is 18.4. The number of nitrogens with zero attached hydrogens (tertiary/aromatic N) is 1. The van der Waals surface area contributed by atoms with Crippen LogP contribution in [0.5, 0.6) is 5.75 Å². The normalized spacial score (nSPS) is 11.1. The highest BCUT2D eigenvalue weighted by Crippen LogP contribution is 2.25. The topological polar surface area (TPSA) is 129 Å². The maximum Gasteiger partial charge on any atom is 0.291 e. The molecule has 0 atom stereocenters. The number of anilines is 1. The Hall–Kier alpha value is -4.44. The van der Waals surface area contributed by atoms with Gasteiger partial charge in [-0.2, -0.15) is 0 Å². The number of carbonyl (C=O) groups excluding carboxylic acids is 1. The summed E-state index contributed by atoms with van der Waals surface area (Å²) in [6.45, 7) is 0.135. The molecular formula is C24H18N2O7S. The minimum absolute atomic E-state index is 0.0192. The molecule has 0 fully saturated rings. The van der Waals surface area contributed by atoms with Gasteiger partial charge in [0.05, 0.1) is 21.0 Å². The molecule has 0 bridgehead atoms. The molecule has 3 aromatic carbocycles. The summed E-state index contributed by atoms with van der Waals surface area (Å²) < 4.78 is 36.5. The molecule has 0 saturated carbocycles. The predicted octanol–water partition coefficient (Wildman–Crippen LogP) is 4.85. The standard InChI is InChI=1S/C24H18N2O7S/c27-24(23-17(14-15-32-23)16-33-20-4-2-1-3-5-20)25-18-6-10-21(11-7-18)34(30,31)22-12-8-19(9-13-22)26(28)29/h1-15H,16H2,(H,25,27). The molecular weight excluding hydrogens is 460 g/mol.